The number of aromatic nitrogens is 1. The molecule has 1 heteroatoms. The van der Waals surface area contributed by atoms with Crippen molar-refractivity contribution in [1.29, 1.82) is 0 Å². The predicted molar refractivity (Wildman–Crippen MR) is 81.4 cm³/mol. The molecule has 0 fully saturated rings. The number of fused-ring (bicyclic) bond motifs is 3. The van der Waals surface area contributed by atoms with E-state index in [9.17, 15) is 0 Å². The van der Waals surface area contributed by atoms with Gasteiger partial charge in [-0.2, -0.15) is 0 Å². The van der Waals surface area contributed by atoms with E-state index < -0.39 is 0 Å². The first-order valence-corrected chi connectivity index (χ1v) is 7.16. The highest BCUT2D eigenvalue weighted by Crippen LogP contribution is 2.40. The van der Waals surface area contributed by atoms with Crippen LogP contribution in [0.25, 0.3) is 10.9 Å². The van der Waals surface area contributed by atoms with Gasteiger partial charge in [-0.1, -0.05) is 19.8 Å². The summed E-state index contributed by atoms with van der Waals surface area (Å²) in [7, 11) is 0. The lowest BCUT2D eigenvalue weighted by Gasteiger charge is -2.30. The van der Waals surface area contributed by atoms with Crippen molar-refractivity contribution in [3.63, 3.8) is 0 Å². The van der Waals surface area contributed by atoms with Crippen molar-refractivity contribution in [2.45, 2.75) is 46.6 Å². The minimum atomic E-state index is 0.409. The zero-order valence-electron chi connectivity index (χ0n) is 12.1. The minimum Gasteiger partial charge on any atom is -0.345 e. The quantitative estimate of drug-likeness (QED) is 0.671. The highest BCUT2D eigenvalue weighted by molar-refractivity contribution is 5.87. The third kappa shape index (κ3) is 1.87. The van der Waals surface area contributed by atoms with Gasteiger partial charge in [0.1, 0.15) is 0 Å². The summed E-state index contributed by atoms with van der Waals surface area (Å²) in [5, 5.41) is 1.38. The molecular weight excluding hydrogens is 230 g/mol. The second-order valence-corrected chi connectivity index (χ2v) is 6.39. The number of hydrogen-bond donors (Lipinski definition) is 0. The summed E-state index contributed by atoms with van der Waals surface area (Å²) in [6.07, 6.45) is 9.19. The third-order valence-corrected chi connectivity index (χ3v) is 4.46. The maximum absolute atomic E-state index is 5.55. The molecule has 0 unspecified atom stereocenters. The zero-order valence-corrected chi connectivity index (χ0v) is 12.1. The van der Waals surface area contributed by atoms with Gasteiger partial charge in [0.15, 0.2) is 0 Å². The number of benzene rings is 1. The molecular formula is C18H21N. The van der Waals surface area contributed by atoms with E-state index >= 15 is 0 Å². The number of hydrogen-bond acceptors (Lipinski definition) is 0. The van der Waals surface area contributed by atoms with E-state index in [0.29, 0.717) is 5.41 Å². The standard InChI is InChI=1S/C18H21N/c1-5-13-7-8-16-14(11-13)15-12-18(3,4)10-9-17(15)19(16)6-2/h1,7-8,11H,6,9-10,12H2,2-4H3. The van der Waals surface area contributed by atoms with Crippen LogP contribution in [-0.2, 0) is 19.4 Å². The molecule has 98 valence electrons. The van der Waals surface area contributed by atoms with Crippen LogP contribution >= 0.6 is 0 Å². The summed E-state index contributed by atoms with van der Waals surface area (Å²) >= 11 is 0. The molecule has 0 saturated carbocycles. The van der Waals surface area contributed by atoms with E-state index in [4.69, 9.17) is 6.42 Å². The Labute approximate surface area is 115 Å². The second-order valence-electron chi connectivity index (χ2n) is 6.39. The molecule has 1 aliphatic carbocycles. The summed E-state index contributed by atoms with van der Waals surface area (Å²) in [5.41, 5.74) is 5.82. The zero-order chi connectivity index (χ0) is 13.6. The molecule has 1 nitrogen and oxygen atoms in total. The fourth-order valence-electron chi connectivity index (χ4n) is 3.43. The van der Waals surface area contributed by atoms with E-state index in [2.05, 4.69) is 49.5 Å². The van der Waals surface area contributed by atoms with Crippen molar-refractivity contribution in [3.05, 3.63) is 35.0 Å². The van der Waals surface area contributed by atoms with Gasteiger partial charge < -0.3 is 4.57 Å². The van der Waals surface area contributed by atoms with Gasteiger partial charge in [0.05, 0.1) is 0 Å². The minimum absolute atomic E-state index is 0.409. The van der Waals surface area contributed by atoms with Crippen molar-refractivity contribution in [3.8, 4) is 12.3 Å². The predicted octanol–water partition coefficient (Wildman–Crippen LogP) is 4.16. The normalized spacial score (nSPS) is 17.2. The molecule has 0 amide bonds. The van der Waals surface area contributed by atoms with Gasteiger partial charge in [0.25, 0.3) is 0 Å². The largest absolute Gasteiger partial charge is 0.345 e. The van der Waals surface area contributed by atoms with E-state index in [1.807, 2.05) is 0 Å². The Hall–Kier alpha value is -1.68. The highest BCUT2D eigenvalue weighted by Gasteiger charge is 2.29. The van der Waals surface area contributed by atoms with Crippen molar-refractivity contribution >= 4 is 10.9 Å². The molecule has 1 aliphatic rings. The monoisotopic (exact) mass is 251 g/mol. The number of terminal acetylenes is 1. The van der Waals surface area contributed by atoms with Crippen LogP contribution in [0.4, 0.5) is 0 Å². The fourth-order valence-corrected chi connectivity index (χ4v) is 3.43. The molecule has 3 rings (SSSR count). The molecule has 0 N–H and O–H groups in total. The molecule has 0 bridgehead atoms. The first kappa shape index (κ1) is 12.4. The second kappa shape index (κ2) is 4.17. The fraction of sp³-hybridized carbons (Fsp3) is 0.444. The molecule has 1 heterocycles. The van der Waals surface area contributed by atoms with E-state index in [1.54, 1.807) is 0 Å². The lowest BCUT2D eigenvalue weighted by molar-refractivity contribution is 0.311. The Morgan fingerprint density at radius 1 is 1.37 bits per heavy atom. The summed E-state index contributed by atoms with van der Waals surface area (Å²) in [5.74, 6) is 2.76. The van der Waals surface area contributed by atoms with Crippen LogP contribution in [0.1, 0.15) is 44.0 Å². The van der Waals surface area contributed by atoms with E-state index in [-0.39, 0.29) is 0 Å². The summed E-state index contributed by atoms with van der Waals surface area (Å²) in [4.78, 5) is 0. The van der Waals surface area contributed by atoms with Gasteiger partial charge in [-0.15, -0.1) is 6.42 Å². The Balaban J connectivity index is 2.31. The molecule has 2 aromatic rings. The van der Waals surface area contributed by atoms with Crippen molar-refractivity contribution in [2.24, 2.45) is 5.41 Å². The third-order valence-electron chi connectivity index (χ3n) is 4.46. The van der Waals surface area contributed by atoms with Crippen LogP contribution in [0.15, 0.2) is 18.2 Å². The molecule has 0 saturated heterocycles. The van der Waals surface area contributed by atoms with E-state index in [0.717, 1.165) is 12.1 Å². The maximum Gasteiger partial charge on any atom is 0.0486 e. The van der Waals surface area contributed by atoms with Gasteiger partial charge >= 0.3 is 0 Å². The molecule has 1 aromatic carbocycles. The average Bonchev–Trinajstić information content (AvgIpc) is 2.69. The highest BCUT2D eigenvalue weighted by atomic mass is 15.0. The SMILES string of the molecule is C#Cc1ccc2c(c1)c1c(n2CC)CCC(C)(C)C1. The molecule has 1 aromatic heterocycles. The van der Waals surface area contributed by atoms with Crippen LogP contribution in [0.5, 0.6) is 0 Å². The smallest absolute Gasteiger partial charge is 0.0486 e. The summed E-state index contributed by atoms with van der Waals surface area (Å²) in [6.45, 7) is 8.02. The molecule has 0 aliphatic heterocycles. The van der Waals surface area contributed by atoms with Crippen molar-refractivity contribution in [2.75, 3.05) is 0 Å². The van der Waals surface area contributed by atoms with Crippen molar-refractivity contribution in [1.82, 2.24) is 4.57 Å². The van der Waals surface area contributed by atoms with Crippen LogP contribution in [0.3, 0.4) is 0 Å². The van der Waals surface area contributed by atoms with Gasteiger partial charge in [0, 0.05) is 28.7 Å². The summed E-state index contributed by atoms with van der Waals surface area (Å²) in [6, 6.07) is 6.45. The number of rotatable bonds is 1. The molecule has 0 radical (unpaired) electrons. The maximum atomic E-state index is 5.55. The van der Waals surface area contributed by atoms with Crippen LogP contribution in [0.2, 0.25) is 0 Å². The molecule has 19 heavy (non-hydrogen) atoms. The van der Waals surface area contributed by atoms with Crippen LogP contribution in [0, 0.1) is 17.8 Å². The number of aryl methyl sites for hydroxylation is 1. The first-order valence-electron chi connectivity index (χ1n) is 7.16. The number of nitrogens with zero attached hydrogens (tertiary/aromatic N) is 1. The molecule has 0 atom stereocenters. The van der Waals surface area contributed by atoms with Gasteiger partial charge in [-0.05, 0) is 55.4 Å². The van der Waals surface area contributed by atoms with Gasteiger partial charge in [-0.25, -0.2) is 0 Å². The average molecular weight is 251 g/mol. The topological polar surface area (TPSA) is 4.93 Å². The van der Waals surface area contributed by atoms with Crippen LogP contribution in [-0.4, -0.2) is 4.57 Å². The Morgan fingerprint density at radius 3 is 2.84 bits per heavy atom. The lowest BCUT2D eigenvalue weighted by atomic mass is 9.76. The van der Waals surface area contributed by atoms with Crippen LogP contribution < -0.4 is 0 Å². The lowest BCUT2D eigenvalue weighted by Crippen LogP contribution is -2.22. The Kier molecular flexibility index (Phi) is 2.71. The molecule has 0 spiro atoms. The first-order chi connectivity index (χ1) is 9.05. The van der Waals surface area contributed by atoms with Crippen molar-refractivity contribution < 1.29 is 0 Å². The van der Waals surface area contributed by atoms with Gasteiger partial charge in [-0.3, -0.25) is 0 Å². The Bertz CT molecular complexity index is 680. The Morgan fingerprint density at radius 2 is 2.16 bits per heavy atom. The van der Waals surface area contributed by atoms with Gasteiger partial charge in [0.2, 0.25) is 0 Å². The van der Waals surface area contributed by atoms with E-state index in [1.165, 1.54) is 41.4 Å². The summed E-state index contributed by atoms with van der Waals surface area (Å²) < 4.78 is 2.47.